The smallest absolute Gasteiger partial charge is 0.269 e. The van der Waals surface area contributed by atoms with E-state index in [9.17, 15) is 8.42 Å². The van der Waals surface area contributed by atoms with Crippen LogP contribution in [0, 0.1) is 0 Å². The Labute approximate surface area is 189 Å². The molecule has 1 aliphatic heterocycles. The quantitative estimate of drug-likeness (QED) is 0.408. The van der Waals surface area contributed by atoms with Crippen molar-refractivity contribution in [1.29, 1.82) is 0 Å². The Morgan fingerprint density at radius 3 is 2.62 bits per heavy atom. The number of anilines is 1. The van der Waals surface area contributed by atoms with Gasteiger partial charge in [-0.2, -0.15) is 4.98 Å². The molecule has 3 heterocycles. The molecule has 0 saturated carbocycles. The number of hydrogen-bond donors (Lipinski definition) is 0. The van der Waals surface area contributed by atoms with Gasteiger partial charge in [0.25, 0.3) is 15.9 Å². The molecule has 5 rings (SSSR count). The molecule has 0 unspecified atom stereocenters. The van der Waals surface area contributed by atoms with Crippen molar-refractivity contribution >= 4 is 27.0 Å². The molecule has 1 aliphatic rings. The monoisotopic (exact) mass is 469 g/mol. The molecule has 32 heavy (non-hydrogen) atoms. The Kier molecular flexibility index (Phi) is 5.10. The minimum absolute atomic E-state index is 0.116. The average Bonchev–Trinajstić information content (AvgIpc) is 3.57. The zero-order chi connectivity index (χ0) is 22.3. The predicted octanol–water partition coefficient (Wildman–Crippen LogP) is 4.58. The van der Waals surface area contributed by atoms with Gasteiger partial charge in [-0.05, 0) is 53.8 Å². The van der Waals surface area contributed by atoms with Crippen LogP contribution in [0.3, 0.4) is 0 Å². The van der Waals surface area contributed by atoms with E-state index in [1.54, 1.807) is 41.8 Å². The Balaban J connectivity index is 1.47. The van der Waals surface area contributed by atoms with Crippen molar-refractivity contribution < 1.29 is 22.4 Å². The summed E-state index contributed by atoms with van der Waals surface area (Å²) in [6.07, 6.45) is 0.883. The highest BCUT2D eigenvalue weighted by Crippen LogP contribution is 2.38. The maximum absolute atomic E-state index is 13.4. The number of fused-ring (bicyclic) bond motifs is 1. The van der Waals surface area contributed by atoms with Crippen LogP contribution in [0.1, 0.15) is 12.5 Å². The first-order chi connectivity index (χ1) is 15.5. The van der Waals surface area contributed by atoms with E-state index < -0.39 is 10.0 Å². The third-order valence-corrected chi connectivity index (χ3v) is 8.09. The minimum Gasteiger partial charge on any atom is -0.454 e. The van der Waals surface area contributed by atoms with Gasteiger partial charge in [-0.15, -0.1) is 11.3 Å². The molecule has 4 aromatic rings. The van der Waals surface area contributed by atoms with Crippen molar-refractivity contribution in [3.63, 3.8) is 0 Å². The molecule has 0 aliphatic carbocycles. The predicted molar refractivity (Wildman–Crippen MR) is 121 cm³/mol. The maximum atomic E-state index is 13.4. The number of aromatic nitrogens is 2. The number of ether oxygens (including phenoxy) is 2. The highest BCUT2D eigenvalue weighted by molar-refractivity contribution is 7.93. The van der Waals surface area contributed by atoms with Crippen molar-refractivity contribution in [2.75, 3.05) is 18.1 Å². The Bertz CT molecular complexity index is 1380. The molecule has 2 aromatic heterocycles. The van der Waals surface area contributed by atoms with E-state index in [4.69, 9.17) is 14.0 Å². The van der Waals surface area contributed by atoms with Crippen molar-refractivity contribution in [3.8, 4) is 33.7 Å². The normalized spacial score (nSPS) is 12.8. The number of nitrogens with zero attached hydrogens (tertiary/aromatic N) is 3. The topological polar surface area (TPSA) is 94.8 Å². The van der Waals surface area contributed by atoms with E-state index in [0.29, 0.717) is 33.5 Å². The van der Waals surface area contributed by atoms with Gasteiger partial charge < -0.3 is 14.0 Å². The van der Waals surface area contributed by atoms with Crippen LogP contribution in [0.4, 0.5) is 5.69 Å². The summed E-state index contributed by atoms with van der Waals surface area (Å²) in [5.74, 6) is 1.72. The second kappa shape index (κ2) is 7.95. The summed E-state index contributed by atoms with van der Waals surface area (Å²) in [4.78, 5) is 4.94. The zero-order valence-electron chi connectivity index (χ0n) is 17.3. The maximum Gasteiger partial charge on any atom is 0.269 e. The van der Waals surface area contributed by atoms with E-state index in [0.717, 1.165) is 12.0 Å². The van der Waals surface area contributed by atoms with Gasteiger partial charge in [0, 0.05) is 12.6 Å². The van der Waals surface area contributed by atoms with Crippen molar-refractivity contribution in [3.05, 3.63) is 59.5 Å². The molecule has 0 spiro atoms. The minimum atomic E-state index is -3.83. The number of hydrogen-bond acceptors (Lipinski definition) is 8. The van der Waals surface area contributed by atoms with Crippen LogP contribution in [-0.4, -0.2) is 32.4 Å². The number of thiophene rings is 1. The SMILES string of the molecule is CCc1ccc(N(C)S(=O)(=O)c2ccsc2-c2nc(-c3ccc4c(c3)OCO4)no2)cc1. The van der Waals surface area contributed by atoms with E-state index in [1.807, 2.05) is 12.1 Å². The van der Waals surface area contributed by atoms with Crippen LogP contribution >= 0.6 is 11.3 Å². The summed E-state index contributed by atoms with van der Waals surface area (Å²) >= 11 is 1.23. The van der Waals surface area contributed by atoms with Crippen molar-refractivity contribution in [1.82, 2.24) is 10.1 Å². The summed E-state index contributed by atoms with van der Waals surface area (Å²) in [7, 11) is -2.30. The van der Waals surface area contributed by atoms with Gasteiger partial charge in [0.2, 0.25) is 12.6 Å². The molecule has 2 aromatic carbocycles. The first-order valence-corrected chi connectivity index (χ1v) is 12.2. The molecular weight excluding hydrogens is 450 g/mol. The van der Waals surface area contributed by atoms with Crippen LogP contribution in [0.25, 0.3) is 22.2 Å². The Morgan fingerprint density at radius 2 is 1.84 bits per heavy atom. The number of rotatable bonds is 6. The molecular formula is C22H19N3O5S2. The summed E-state index contributed by atoms with van der Waals surface area (Å²) in [6.45, 7) is 2.22. The highest BCUT2D eigenvalue weighted by Gasteiger charge is 2.29. The average molecular weight is 470 g/mol. The van der Waals surface area contributed by atoms with Crippen LogP contribution in [-0.2, 0) is 16.4 Å². The first kappa shape index (κ1) is 20.5. The summed E-state index contributed by atoms with van der Waals surface area (Å²) in [5.41, 5.74) is 2.39. The molecule has 0 N–H and O–H groups in total. The lowest BCUT2D eigenvalue weighted by atomic mass is 10.1. The molecule has 0 atom stereocenters. The van der Waals surface area contributed by atoms with Gasteiger partial charge in [-0.3, -0.25) is 4.31 Å². The molecule has 164 valence electrons. The molecule has 10 heteroatoms. The van der Waals surface area contributed by atoms with Gasteiger partial charge >= 0.3 is 0 Å². The number of sulfonamides is 1. The third-order valence-electron chi connectivity index (χ3n) is 5.23. The van der Waals surface area contributed by atoms with Crippen LogP contribution in [0.15, 0.2) is 63.3 Å². The molecule has 0 radical (unpaired) electrons. The van der Waals surface area contributed by atoms with Gasteiger partial charge in [0.1, 0.15) is 9.77 Å². The zero-order valence-corrected chi connectivity index (χ0v) is 18.9. The fourth-order valence-electron chi connectivity index (χ4n) is 3.35. The Morgan fingerprint density at radius 1 is 1.06 bits per heavy atom. The third kappa shape index (κ3) is 3.51. The number of aryl methyl sites for hydroxylation is 1. The summed E-state index contributed by atoms with van der Waals surface area (Å²) in [6, 6.07) is 14.3. The fraction of sp³-hybridized carbons (Fsp3) is 0.182. The summed E-state index contributed by atoms with van der Waals surface area (Å²) in [5, 5.41) is 5.72. The highest BCUT2D eigenvalue weighted by atomic mass is 32.2. The molecule has 0 bridgehead atoms. The second-order valence-corrected chi connectivity index (χ2v) is 9.95. The Hall–Kier alpha value is -3.37. The van der Waals surface area contributed by atoms with Gasteiger partial charge in [-0.25, -0.2) is 8.42 Å². The van der Waals surface area contributed by atoms with Crippen LogP contribution in [0.2, 0.25) is 0 Å². The fourth-order valence-corrected chi connectivity index (χ4v) is 5.86. The van der Waals surface area contributed by atoms with E-state index in [-0.39, 0.29) is 17.6 Å². The molecule has 8 nitrogen and oxygen atoms in total. The molecule has 0 saturated heterocycles. The summed E-state index contributed by atoms with van der Waals surface area (Å²) < 4.78 is 44.1. The first-order valence-electron chi connectivity index (χ1n) is 9.87. The van der Waals surface area contributed by atoms with Gasteiger partial charge in [0.05, 0.1) is 5.69 Å². The molecule has 0 fully saturated rings. The lowest BCUT2D eigenvalue weighted by molar-refractivity contribution is 0.174. The van der Waals surface area contributed by atoms with Crippen molar-refractivity contribution in [2.45, 2.75) is 18.2 Å². The van der Waals surface area contributed by atoms with E-state index >= 15 is 0 Å². The van der Waals surface area contributed by atoms with Crippen LogP contribution < -0.4 is 13.8 Å². The number of benzene rings is 2. The molecule has 0 amide bonds. The van der Waals surface area contributed by atoms with Crippen molar-refractivity contribution in [2.24, 2.45) is 0 Å². The van der Waals surface area contributed by atoms with Gasteiger partial charge in [0.15, 0.2) is 11.5 Å². The van der Waals surface area contributed by atoms with E-state index in [1.165, 1.54) is 22.7 Å². The second-order valence-electron chi connectivity index (χ2n) is 7.10. The lowest BCUT2D eigenvalue weighted by Gasteiger charge is -2.19. The lowest BCUT2D eigenvalue weighted by Crippen LogP contribution is -2.26. The van der Waals surface area contributed by atoms with Gasteiger partial charge in [-0.1, -0.05) is 24.2 Å². The largest absolute Gasteiger partial charge is 0.454 e. The van der Waals surface area contributed by atoms with Crippen LogP contribution in [0.5, 0.6) is 11.5 Å². The standard InChI is InChI=1S/C22H19N3O5S2/c1-3-14-4-7-16(8-5-14)25(2)32(26,27)19-10-11-31-20(19)22-23-21(24-30-22)15-6-9-17-18(12-15)29-13-28-17/h4-12H,3,13H2,1-2H3. The van der Waals surface area contributed by atoms with E-state index in [2.05, 4.69) is 17.1 Å².